The van der Waals surface area contributed by atoms with Crippen LogP contribution >= 0.6 is 0 Å². The van der Waals surface area contributed by atoms with Crippen molar-refractivity contribution >= 4 is 5.78 Å². The molecule has 3 aromatic heterocycles. The fourth-order valence-corrected chi connectivity index (χ4v) is 3.25. The Morgan fingerprint density at radius 2 is 2.22 bits per heavy atom. The minimum absolute atomic E-state index is 0.131. The van der Waals surface area contributed by atoms with Gasteiger partial charge in [-0.05, 0) is 31.5 Å². The molecular weight excluding hydrogens is 292 g/mol. The van der Waals surface area contributed by atoms with Crippen LogP contribution in [0.4, 0.5) is 0 Å². The van der Waals surface area contributed by atoms with Crippen molar-refractivity contribution in [2.24, 2.45) is 0 Å². The van der Waals surface area contributed by atoms with E-state index in [2.05, 4.69) is 31.0 Å². The zero-order valence-electron chi connectivity index (χ0n) is 12.7. The van der Waals surface area contributed by atoms with Crippen LogP contribution in [0.5, 0.6) is 0 Å². The molecule has 7 heteroatoms. The number of hydrogen-bond donors (Lipinski definition) is 1. The van der Waals surface area contributed by atoms with Crippen LogP contribution in [0.1, 0.15) is 36.7 Å². The number of nitrogens with zero attached hydrogens (tertiary/aromatic N) is 5. The third kappa shape index (κ3) is 2.75. The molecule has 7 nitrogen and oxygen atoms in total. The molecule has 4 heterocycles. The number of aromatic amines is 1. The molecule has 1 saturated heterocycles. The first kappa shape index (κ1) is 14.1. The third-order valence-electron chi connectivity index (χ3n) is 4.33. The highest BCUT2D eigenvalue weighted by Crippen LogP contribution is 2.30. The molecule has 1 N–H and O–H groups in total. The molecule has 0 aliphatic carbocycles. The van der Waals surface area contributed by atoms with E-state index in [0.717, 1.165) is 30.8 Å². The Kier molecular flexibility index (Phi) is 3.63. The van der Waals surface area contributed by atoms with Gasteiger partial charge >= 0.3 is 0 Å². The third-order valence-corrected chi connectivity index (χ3v) is 4.33. The van der Waals surface area contributed by atoms with E-state index in [1.807, 2.05) is 18.3 Å². The number of nitrogens with one attached hydrogen (secondary N) is 1. The minimum atomic E-state index is -0.131. The highest BCUT2D eigenvalue weighted by atomic mass is 16.1. The normalized spacial score (nSPS) is 19.2. The van der Waals surface area contributed by atoms with Crippen molar-refractivity contribution in [3.63, 3.8) is 0 Å². The first-order valence-corrected chi connectivity index (χ1v) is 7.88. The van der Waals surface area contributed by atoms with Crippen LogP contribution in [-0.2, 0) is 6.54 Å². The van der Waals surface area contributed by atoms with Crippen LogP contribution in [-0.4, -0.2) is 36.0 Å². The molecule has 1 aliphatic heterocycles. The van der Waals surface area contributed by atoms with Gasteiger partial charge in [-0.15, -0.1) is 0 Å². The highest BCUT2D eigenvalue weighted by molar-refractivity contribution is 5.26. The summed E-state index contributed by atoms with van der Waals surface area (Å²) in [4.78, 5) is 27.5. The molecule has 3 aromatic rings. The van der Waals surface area contributed by atoms with Crippen molar-refractivity contribution in [1.29, 1.82) is 0 Å². The Hall–Kier alpha value is -2.54. The lowest BCUT2D eigenvalue weighted by atomic mass is 9.98. The topological polar surface area (TPSA) is 79.2 Å². The van der Waals surface area contributed by atoms with Crippen LogP contribution in [0.2, 0.25) is 0 Å². The zero-order valence-corrected chi connectivity index (χ0v) is 12.7. The fraction of sp³-hybridized carbons (Fsp3) is 0.375. The first-order chi connectivity index (χ1) is 11.3. The van der Waals surface area contributed by atoms with Gasteiger partial charge in [0.05, 0.1) is 17.4 Å². The number of piperidine rings is 1. The van der Waals surface area contributed by atoms with Crippen LogP contribution in [0.15, 0.2) is 41.6 Å². The lowest BCUT2D eigenvalue weighted by molar-refractivity contribution is 0.135. The summed E-state index contributed by atoms with van der Waals surface area (Å²) in [6, 6.07) is 7.89. The maximum absolute atomic E-state index is 12.1. The monoisotopic (exact) mass is 310 g/mol. The lowest BCUT2D eigenvalue weighted by Gasteiger charge is -2.35. The lowest BCUT2D eigenvalue weighted by Crippen LogP contribution is -2.34. The second-order valence-electron chi connectivity index (χ2n) is 5.85. The van der Waals surface area contributed by atoms with Gasteiger partial charge in [-0.3, -0.25) is 19.8 Å². The molecule has 4 rings (SSSR count). The summed E-state index contributed by atoms with van der Waals surface area (Å²) < 4.78 is 1.34. The molecule has 1 aliphatic rings. The Bertz CT molecular complexity index is 856. The van der Waals surface area contributed by atoms with Crippen molar-refractivity contribution < 1.29 is 0 Å². The second kappa shape index (κ2) is 5.92. The highest BCUT2D eigenvalue weighted by Gasteiger charge is 2.25. The van der Waals surface area contributed by atoms with Crippen molar-refractivity contribution in [2.75, 3.05) is 6.54 Å². The molecule has 0 amide bonds. The maximum atomic E-state index is 12.1. The summed E-state index contributed by atoms with van der Waals surface area (Å²) in [7, 11) is 0. The van der Waals surface area contributed by atoms with Gasteiger partial charge in [-0.25, -0.2) is 9.97 Å². The largest absolute Gasteiger partial charge is 0.289 e. The molecule has 23 heavy (non-hydrogen) atoms. The molecule has 0 unspecified atom stereocenters. The van der Waals surface area contributed by atoms with Crippen molar-refractivity contribution in [2.45, 2.75) is 31.8 Å². The van der Waals surface area contributed by atoms with Gasteiger partial charge in [0, 0.05) is 18.8 Å². The summed E-state index contributed by atoms with van der Waals surface area (Å²) in [5.74, 6) is 0.416. The summed E-state index contributed by atoms with van der Waals surface area (Å²) >= 11 is 0. The minimum Gasteiger partial charge on any atom is -0.289 e. The van der Waals surface area contributed by atoms with E-state index < -0.39 is 0 Å². The zero-order chi connectivity index (χ0) is 15.6. The molecule has 0 radical (unpaired) electrons. The van der Waals surface area contributed by atoms with Gasteiger partial charge in [0.15, 0.2) is 0 Å². The molecule has 0 spiro atoms. The number of hydrogen-bond acceptors (Lipinski definition) is 5. The van der Waals surface area contributed by atoms with E-state index >= 15 is 0 Å². The predicted octanol–water partition coefficient (Wildman–Crippen LogP) is 1.54. The molecular formula is C16H18N6O. The van der Waals surface area contributed by atoms with Crippen molar-refractivity contribution in [3.8, 4) is 0 Å². The maximum Gasteiger partial charge on any atom is 0.274 e. The molecule has 0 aromatic carbocycles. The van der Waals surface area contributed by atoms with E-state index in [4.69, 9.17) is 0 Å². The number of pyridine rings is 1. The van der Waals surface area contributed by atoms with Gasteiger partial charge < -0.3 is 0 Å². The number of likely N-dealkylation sites (tertiary alicyclic amines) is 1. The smallest absolute Gasteiger partial charge is 0.274 e. The summed E-state index contributed by atoms with van der Waals surface area (Å²) in [6.45, 7) is 1.63. The number of fused-ring (bicyclic) bond motifs is 1. The predicted molar refractivity (Wildman–Crippen MR) is 84.8 cm³/mol. The Balaban J connectivity index is 1.63. The molecule has 1 fully saturated rings. The van der Waals surface area contributed by atoms with Crippen molar-refractivity contribution in [1.82, 2.24) is 29.5 Å². The van der Waals surface area contributed by atoms with Gasteiger partial charge in [-0.2, -0.15) is 4.52 Å². The standard InChI is InChI=1S/C16H18N6O/c23-15-9-12(20-16-18-11-19-22(15)16)10-21-8-4-2-6-14(21)13-5-1-3-7-17-13/h1,3,5,7,9,11,14H,2,4,6,8,10H2,(H,18,19,20)/t14-/m1/s1. The summed E-state index contributed by atoms with van der Waals surface area (Å²) in [6.07, 6.45) is 6.76. The number of H-pyrrole nitrogens is 1. The van der Waals surface area contributed by atoms with Crippen LogP contribution in [0, 0.1) is 0 Å². The van der Waals surface area contributed by atoms with E-state index in [9.17, 15) is 4.79 Å². The van der Waals surface area contributed by atoms with Crippen LogP contribution < -0.4 is 5.56 Å². The van der Waals surface area contributed by atoms with E-state index in [0.29, 0.717) is 12.3 Å². The first-order valence-electron chi connectivity index (χ1n) is 7.88. The van der Waals surface area contributed by atoms with Crippen LogP contribution in [0.3, 0.4) is 0 Å². The van der Waals surface area contributed by atoms with Crippen molar-refractivity contribution in [3.05, 3.63) is 58.5 Å². The fourth-order valence-electron chi connectivity index (χ4n) is 3.25. The molecule has 118 valence electrons. The van der Waals surface area contributed by atoms with E-state index in [1.165, 1.54) is 17.3 Å². The molecule has 0 saturated carbocycles. The summed E-state index contributed by atoms with van der Waals surface area (Å²) in [5, 5.41) is 2.76. The number of aromatic nitrogens is 5. The average Bonchev–Trinajstić information content (AvgIpc) is 3.05. The van der Waals surface area contributed by atoms with Gasteiger partial charge in [-0.1, -0.05) is 12.5 Å². The second-order valence-corrected chi connectivity index (χ2v) is 5.85. The Morgan fingerprint density at radius 1 is 1.26 bits per heavy atom. The molecule has 0 bridgehead atoms. The number of rotatable bonds is 3. The van der Waals surface area contributed by atoms with E-state index in [-0.39, 0.29) is 11.6 Å². The Labute approximate surface area is 133 Å². The summed E-state index contributed by atoms with van der Waals surface area (Å²) in [5.41, 5.74) is 1.71. The van der Waals surface area contributed by atoms with Crippen LogP contribution in [0.25, 0.3) is 5.78 Å². The Morgan fingerprint density at radius 3 is 3.09 bits per heavy atom. The average molecular weight is 310 g/mol. The molecule has 1 atom stereocenters. The van der Waals surface area contributed by atoms with E-state index in [1.54, 1.807) is 6.07 Å². The van der Waals surface area contributed by atoms with Gasteiger partial charge in [0.2, 0.25) is 0 Å². The SMILES string of the molecule is O=c1cc(CN2CCCC[C@@H]2c2ccccn2)nc2nc[nH]n12. The van der Waals surface area contributed by atoms with Gasteiger partial charge in [0.1, 0.15) is 6.33 Å². The van der Waals surface area contributed by atoms with Gasteiger partial charge in [0.25, 0.3) is 11.3 Å². The quantitative estimate of drug-likeness (QED) is 0.794.